The normalized spacial score (nSPS) is 29.8. The van der Waals surface area contributed by atoms with Gasteiger partial charge in [-0.15, -0.1) is 0 Å². The number of aliphatic hydroxyl groups is 1. The molecule has 2 rings (SSSR count). The Bertz CT molecular complexity index is 176. The van der Waals surface area contributed by atoms with E-state index in [1.807, 2.05) is 11.8 Å². The average Bonchev–Trinajstić information content (AvgIpc) is 2.86. The average molecular weight is 229 g/mol. The van der Waals surface area contributed by atoms with Crippen LogP contribution < -0.4 is 5.32 Å². The van der Waals surface area contributed by atoms with Crippen molar-refractivity contribution in [3.63, 3.8) is 0 Å². The fourth-order valence-corrected chi connectivity index (χ4v) is 3.90. The Labute approximate surface area is 97.2 Å². The molecule has 1 saturated heterocycles. The van der Waals surface area contributed by atoms with E-state index in [1.165, 1.54) is 43.6 Å². The SMILES string of the molecule is OC(CNC1CCSC1)CC1CCCC1. The molecule has 2 fully saturated rings. The lowest BCUT2D eigenvalue weighted by Gasteiger charge is -2.18. The van der Waals surface area contributed by atoms with Crippen LogP contribution >= 0.6 is 11.8 Å². The van der Waals surface area contributed by atoms with E-state index in [1.54, 1.807) is 0 Å². The number of aliphatic hydroxyl groups excluding tert-OH is 1. The van der Waals surface area contributed by atoms with E-state index in [0.29, 0.717) is 6.04 Å². The second kappa shape index (κ2) is 6.12. The molecule has 2 aliphatic rings. The van der Waals surface area contributed by atoms with Gasteiger partial charge in [-0.3, -0.25) is 0 Å². The van der Waals surface area contributed by atoms with Gasteiger partial charge in [0.05, 0.1) is 6.10 Å². The van der Waals surface area contributed by atoms with Crippen LogP contribution in [0, 0.1) is 5.92 Å². The summed E-state index contributed by atoms with van der Waals surface area (Å²) in [4.78, 5) is 0. The molecule has 0 radical (unpaired) electrons. The highest BCUT2D eigenvalue weighted by Crippen LogP contribution is 2.28. The number of hydrogen-bond donors (Lipinski definition) is 2. The van der Waals surface area contributed by atoms with Gasteiger partial charge in [0.15, 0.2) is 0 Å². The zero-order valence-corrected chi connectivity index (χ0v) is 10.3. The van der Waals surface area contributed by atoms with E-state index in [0.717, 1.165) is 18.9 Å². The zero-order valence-electron chi connectivity index (χ0n) is 9.45. The second-order valence-corrected chi connectivity index (χ2v) is 6.16. The Kier molecular flexibility index (Phi) is 4.79. The van der Waals surface area contributed by atoms with E-state index in [4.69, 9.17) is 0 Å². The lowest BCUT2D eigenvalue weighted by molar-refractivity contribution is 0.138. The summed E-state index contributed by atoms with van der Waals surface area (Å²) in [6.07, 6.45) is 7.63. The number of hydrogen-bond acceptors (Lipinski definition) is 3. The Morgan fingerprint density at radius 3 is 2.73 bits per heavy atom. The first kappa shape index (κ1) is 11.7. The molecule has 15 heavy (non-hydrogen) atoms. The Morgan fingerprint density at radius 2 is 2.07 bits per heavy atom. The monoisotopic (exact) mass is 229 g/mol. The molecule has 1 aliphatic carbocycles. The first-order valence-corrected chi connectivity index (χ1v) is 7.49. The summed E-state index contributed by atoms with van der Waals surface area (Å²) in [5, 5.41) is 13.4. The molecule has 1 aliphatic heterocycles. The summed E-state index contributed by atoms with van der Waals surface area (Å²) in [6, 6.07) is 0.660. The van der Waals surface area contributed by atoms with Crippen LogP contribution in [0.2, 0.25) is 0 Å². The number of nitrogens with one attached hydrogen (secondary N) is 1. The Balaban J connectivity index is 1.57. The van der Waals surface area contributed by atoms with Crippen LogP contribution in [-0.4, -0.2) is 35.3 Å². The lowest BCUT2D eigenvalue weighted by atomic mass is 10.00. The van der Waals surface area contributed by atoms with Crippen molar-refractivity contribution in [3.8, 4) is 0 Å². The molecule has 2 unspecified atom stereocenters. The van der Waals surface area contributed by atoms with Crippen LogP contribution in [0.4, 0.5) is 0 Å². The van der Waals surface area contributed by atoms with E-state index in [9.17, 15) is 5.11 Å². The maximum atomic E-state index is 9.90. The van der Waals surface area contributed by atoms with Crippen LogP contribution in [-0.2, 0) is 0 Å². The van der Waals surface area contributed by atoms with E-state index in [-0.39, 0.29) is 6.10 Å². The van der Waals surface area contributed by atoms with Crippen molar-refractivity contribution in [1.29, 1.82) is 0 Å². The van der Waals surface area contributed by atoms with Crippen molar-refractivity contribution < 1.29 is 5.11 Å². The van der Waals surface area contributed by atoms with Crippen molar-refractivity contribution in [3.05, 3.63) is 0 Å². The van der Waals surface area contributed by atoms with Gasteiger partial charge in [0.2, 0.25) is 0 Å². The third-order valence-corrected chi connectivity index (χ3v) is 4.81. The quantitative estimate of drug-likeness (QED) is 0.756. The van der Waals surface area contributed by atoms with Crippen molar-refractivity contribution in [2.75, 3.05) is 18.1 Å². The molecule has 0 bridgehead atoms. The van der Waals surface area contributed by atoms with Crippen molar-refractivity contribution >= 4 is 11.8 Å². The second-order valence-electron chi connectivity index (χ2n) is 5.01. The fraction of sp³-hybridized carbons (Fsp3) is 1.00. The smallest absolute Gasteiger partial charge is 0.0667 e. The maximum Gasteiger partial charge on any atom is 0.0667 e. The summed E-state index contributed by atoms with van der Waals surface area (Å²) < 4.78 is 0. The van der Waals surface area contributed by atoms with Gasteiger partial charge in [-0.25, -0.2) is 0 Å². The minimum absolute atomic E-state index is 0.112. The molecule has 0 aromatic heterocycles. The summed E-state index contributed by atoms with van der Waals surface area (Å²) >= 11 is 2.02. The molecule has 0 amide bonds. The predicted octanol–water partition coefficient (Wildman–Crippen LogP) is 2.02. The summed E-state index contributed by atoms with van der Waals surface area (Å²) in [7, 11) is 0. The third-order valence-electron chi connectivity index (χ3n) is 3.65. The molecule has 1 heterocycles. The fourth-order valence-electron chi connectivity index (χ4n) is 2.71. The number of thioether (sulfide) groups is 1. The van der Waals surface area contributed by atoms with Gasteiger partial charge in [0.1, 0.15) is 0 Å². The molecule has 2 N–H and O–H groups in total. The van der Waals surface area contributed by atoms with E-state index in [2.05, 4.69) is 5.32 Å². The molecular weight excluding hydrogens is 206 g/mol. The van der Waals surface area contributed by atoms with Crippen LogP contribution in [0.3, 0.4) is 0 Å². The lowest BCUT2D eigenvalue weighted by Crippen LogP contribution is -2.36. The molecule has 2 atom stereocenters. The standard InChI is InChI=1S/C12H23NOS/c14-12(7-10-3-1-2-4-10)8-13-11-5-6-15-9-11/h10-14H,1-9H2. The minimum atomic E-state index is -0.112. The highest BCUT2D eigenvalue weighted by Gasteiger charge is 2.20. The summed E-state index contributed by atoms with van der Waals surface area (Å²) in [6.45, 7) is 0.807. The van der Waals surface area contributed by atoms with Gasteiger partial charge in [-0.05, 0) is 24.5 Å². The summed E-state index contributed by atoms with van der Waals surface area (Å²) in [5.41, 5.74) is 0. The van der Waals surface area contributed by atoms with Gasteiger partial charge >= 0.3 is 0 Å². The van der Waals surface area contributed by atoms with Crippen LogP contribution in [0.1, 0.15) is 38.5 Å². The maximum absolute atomic E-state index is 9.90. The molecule has 0 aromatic carbocycles. The molecule has 1 saturated carbocycles. The van der Waals surface area contributed by atoms with Crippen LogP contribution in [0.25, 0.3) is 0 Å². The van der Waals surface area contributed by atoms with Crippen molar-refractivity contribution in [2.24, 2.45) is 5.92 Å². The van der Waals surface area contributed by atoms with Crippen molar-refractivity contribution in [1.82, 2.24) is 5.32 Å². The third kappa shape index (κ3) is 3.97. The zero-order chi connectivity index (χ0) is 10.5. The molecule has 0 spiro atoms. The molecule has 0 aromatic rings. The van der Waals surface area contributed by atoms with Crippen LogP contribution in [0.15, 0.2) is 0 Å². The van der Waals surface area contributed by atoms with Gasteiger partial charge in [0, 0.05) is 18.3 Å². The first-order chi connectivity index (χ1) is 7.34. The van der Waals surface area contributed by atoms with E-state index >= 15 is 0 Å². The topological polar surface area (TPSA) is 32.3 Å². The Morgan fingerprint density at radius 1 is 1.27 bits per heavy atom. The van der Waals surface area contributed by atoms with Gasteiger partial charge in [-0.2, -0.15) is 11.8 Å². The molecular formula is C12H23NOS. The Hall–Kier alpha value is 0.270. The van der Waals surface area contributed by atoms with Gasteiger partial charge in [0.25, 0.3) is 0 Å². The summed E-state index contributed by atoms with van der Waals surface area (Å²) in [5.74, 6) is 3.33. The predicted molar refractivity (Wildman–Crippen MR) is 66.3 cm³/mol. The van der Waals surface area contributed by atoms with E-state index < -0.39 is 0 Å². The highest BCUT2D eigenvalue weighted by molar-refractivity contribution is 7.99. The number of rotatable bonds is 5. The molecule has 2 nitrogen and oxygen atoms in total. The first-order valence-electron chi connectivity index (χ1n) is 6.34. The highest BCUT2D eigenvalue weighted by atomic mass is 32.2. The van der Waals surface area contributed by atoms with Gasteiger partial charge in [-0.1, -0.05) is 25.7 Å². The largest absolute Gasteiger partial charge is 0.392 e. The molecule has 3 heteroatoms. The van der Waals surface area contributed by atoms with Gasteiger partial charge < -0.3 is 10.4 Å². The van der Waals surface area contributed by atoms with Crippen molar-refractivity contribution in [2.45, 2.75) is 50.7 Å². The minimum Gasteiger partial charge on any atom is -0.392 e. The molecule has 88 valence electrons. The van der Waals surface area contributed by atoms with Crippen LogP contribution in [0.5, 0.6) is 0 Å².